The summed E-state index contributed by atoms with van der Waals surface area (Å²) >= 11 is 0. The van der Waals surface area contributed by atoms with Crippen LogP contribution in [-0.4, -0.2) is 17.9 Å². The first kappa shape index (κ1) is 26.8. The predicted octanol–water partition coefficient (Wildman–Crippen LogP) is 5.79. The minimum absolute atomic E-state index is 0.0606. The summed E-state index contributed by atoms with van der Waals surface area (Å²) in [5.74, 6) is -4.19. The first-order valence-corrected chi connectivity index (χ1v) is 11.5. The number of hydrogen-bond acceptors (Lipinski definition) is 3. The Morgan fingerprint density at radius 2 is 1.50 bits per heavy atom. The van der Waals surface area contributed by atoms with Gasteiger partial charge < -0.3 is 15.4 Å². The first-order valence-electron chi connectivity index (χ1n) is 11.5. The summed E-state index contributed by atoms with van der Waals surface area (Å²) in [7, 11) is 0. The Morgan fingerprint density at radius 3 is 2.08 bits per heavy atom. The third kappa shape index (κ3) is 8.15. The summed E-state index contributed by atoms with van der Waals surface area (Å²) < 4.78 is 47.2. The van der Waals surface area contributed by atoms with Gasteiger partial charge in [0.1, 0.15) is 29.9 Å². The van der Waals surface area contributed by atoms with Crippen LogP contribution in [0, 0.1) is 22.9 Å². The molecule has 0 unspecified atom stereocenters. The van der Waals surface area contributed by atoms with E-state index in [0.29, 0.717) is 30.1 Å². The Bertz CT molecular complexity index is 1170. The maximum absolute atomic E-state index is 14.1. The largest absolute Gasteiger partial charge is 0.489 e. The van der Waals surface area contributed by atoms with Gasteiger partial charge in [0.25, 0.3) is 0 Å². The summed E-state index contributed by atoms with van der Waals surface area (Å²) in [4.78, 5) is 25.5. The molecule has 2 amide bonds. The van der Waals surface area contributed by atoms with Crippen molar-refractivity contribution in [3.05, 3.63) is 95.3 Å². The highest BCUT2D eigenvalue weighted by molar-refractivity contribution is 5.97. The molecule has 0 saturated carbocycles. The van der Waals surface area contributed by atoms with E-state index in [1.165, 1.54) is 0 Å². The molecule has 36 heavy (non-hydrogen) atoms. The molecule has 0 fully saturated rings. The van der Waals surface area contributed by atoms with E-state index < -0.39 is 35.1 Å². The number of carbonyl (C=O) groups is 2. The van der Waals surface area contributed by atoms with Crippen LogP contribution in [0.25, 0.3) is 0 Å². The molecule has 0 aliphatic rings. The van der Waals surface area contributed by atoms with Crippen molar-refractivity contribution >= 4 is 17.5 Å². The highest BCUT2D eigenvalue weighted by Crippen LogP contribution is 2.22. The highest BCUT2D eigenvalue weighted by atomic mass is 19.1. The fourth-order valence-corrected chi connectivity index (χ4v) is 3.51. The number of hydrogen-bond donors (Lipinski definition) is 2. The summed E-state index contributed by atoms with van der Waals surface area (Å²) in [5, 5.41) is 4.80. The lowest BCUT2D eigenvalue weighted by Crippen LogP contribution is -2.46. The molecule has 0 heterocycles. The third-order valence-electron chi connectivity index (χ3n) is 5.21. The second-order valence-corrected chi connectivity index (χ2v) is 9.71. The molecule has 0 saturated heterocycles. The number of rotatable bonds is 9. The molecule has 0 aliphatic heterocycles. The third-order valence-corrected chi connectivity index (χ3v) is 5.21. The topological polar surface area (TPSA) is 67.4 Å². The number of ether oxygens (including phenoxy) is 1. The molecular weight excluding hydrogens is 469 g/mol. The van der Waals surface area contributed by atoms with Crippen LogP contribution in [0.15, 0.2) is 66.7 Å². The minimum Gasteiger partial charge on any atom is -0.489 e. The van der Waals surface area contributed by atoms with E-state index in [9.17, 15) is 22.8 Å². The van der Waals surface area contributed by atoms with Gasteiger partial charge in [-0.3, -0.25) is 9.59 Å². The summed E-state index contributed by atoms with van der Waals surface area (Å²) in [6, 6.07) is 16.5. The standard InChI is InChI=1S/C28H29F3N2O3/c1-28(2,3)16-25(34)32-24(27(35)33-26-22(30)14-20(29)15-23(26)31)13-18-9-11-21(12-10-18)36-17-19-7-5-4-6-8-19/h4-12,14-15,24H,13,16-17H2,1-3H3,(H,32,34)(H,33,35)/t24-/m0/s1. The number of halogens is 3. The molecule has 190 valence electrons. The molecule has 5 nitrogen and oxygen atoms in total. The number of carbonyl (C=O) groups excluding carboxylic acids is 2. The first-order chi connectivity index (χ1) is 17.0. The van der Waals surface area contributed by atoms with Crippen LogP contribution in [-0.2, 0) is 22.6 Å². The van der Waals surface area contributed by atoms with E-state index in [1.807, 2.05) is 51.1 Å². The van der Waals surface area contributed by atoms with Crippen molar-refractivity contribution in [3.63, 3.8) is 0 Å². The quantitative estimate of drug-likeness (QED) is 0.393. The van der Waals surface area contributed by atoms with Crippen LogP contribution in [0.4, 0.5) is 18.9 Å². The number of anilines is 1. The van der Waals surface area contributed by atoms with Crippen molar-refractivity contribution in [1.82, 2.24) is 5.32 Å². The average molecular weight is 499 g/mol. The van der Waals surface area contributed by atoms with Crippen molar-refractivity contribution in [2.24, 2.45) is 5.41 Å². The molecule has 3 aromatic rings. The van der Waals surface area contributed by atoms with E-state index in [0.717, 1.165) is 5.56 Å². The number of nitrogens with one attached hydrogen (secondary N) is 2. The Hall–Kier alpha value is -3.81. The summed E-state index contributed by atoms with van der Waals surface area (Å²) in [5.41, 5.74) is 0.595. The van der Waals surface area contributed by atoms with E-state index in [1.54, 1.807) is 24.3 Å². The van der Waals surface area contributed by atoms with E-state index in [2.05, 4.69) is 10.6 Å². The SMILES string of the molecule is CC(C)(C)CC(=O)N[C@@H](Cc1ccc(OCc2ccccc2)cc1)C(=O)Nc1c(F)cc(F)cc1F. The molecule has 0 radical (unpaired) electrons. The van der Waals surface area contributed by atoms with Crippen LogP contribution < -0.4 is 15.4 Å². The zero-order chi connectivity index (χ0) is 26.3. The zero-order valence-corrected chi connectivity index (χ0v) is 20.4. The normalized spacial score (nSPS) is 12.1. The van der Waals surface area contributed by atoms with Gasteiger partial charge in [0.2, 0.25) is 11.8 Å². The fraction of sp³-hybridized carbons (Fsp3) is 0.286. The smallest absolute Gasteiger partial charge is 0.247 e. The van der Waals surface area contributed by atoms with Crippen molar-refractivity contribution in [3.8, 4) is 5.75 Å². The molecule has 1 atom stereocenters. The Balaban J connectivity index is 1.73. The molecule has 3 rings (SSSR count). The molecule has 0 aliphatic carbocycles. The number of amides is 2. The van der Waals surface area contributed by atoms with Crippen molar-refractivity contribution in [2.75, 3.05) is 5.32 Å². The zero-order valence-electron chi connectivity index (χ0n) is 20.4. The van der Waals surface area contributed by atoms with Crippen molar-refractivity contribution < 1.29 is 27.5 Å². The summed E-state index contributed by atoms with van der Waals surface area (Å²) in [6.45, 7) is 6.01. The van der Waals surface area contributed by atoms with Crippen molar-refractivity contribution in [2.45, 2.75) is 46.3 Å². The van der Waals surface area contributed by atoms with E-state index in [-0.39, 0.29) is 24.2 Å². The van der Waals surface area contributed by atoms with Crippen LogP contribution in [0.3, 0.4) is 0 Å². The van der Waals surface area contributed by atoms with Crippen molar-refractivity contribution in [1.29, 1.82) is 0 Å². The Kier molecular flexibility index (Phi) is 8.74. The monoisotopic (exact) mass is 498 g/mol. The van der Waals surface area contributed by atoms with Gasteiger partial charge in [-0.05, 0) is 28.7 Å². The summed E-state index contributed by atoms with van der Waals surface area (Å²) in [6.07, 6.45) is 0.202. The second-order valence-electron chi connectivity index (χ2n) is 9.71. The van der Waals surface area contributed by atoms with Gasteiger partial charge in [-0.2, -0.15) is 0 Å². The lowest BCUT2D eigenvalue weighted by atomic mass is 9.91. The molecule has 0 bridgehead atoms. The molecule has 3 aromatic carbocycles. The van der Waals surface area contributed by atoms with Crippen LogP contribution in [0.1, 0.15) is 38.3 Å². The molecular formula is C28H29F3N2O3. The van der Waals surface area contributed by atoms with E-state index in [4.69, 9.17) is 4.74 Å². The van der Waals surface area contributed by atoms with Crippen LogP contribution >= 0.6 is 0 Å². The van der Waals surface area contributed by atoms with E-state index >= 15 is 0 Å². The molecule has 0 spiro atoms. The lowest BCUT2D eigenvalue weighted by molar-refractivity contribution is -0.127. The van der Waals surface area contributed by atoms with Gasteiger partial charge in [0, 0.05) is 25.0 Å². The predicted molar refractivity (Wildman–Crippen MR) is 132 cm³/mol. The lowest BCUT2D eigenvalue weighted by Gasteiger charge is -2.22. The molecule has 8 heteroatoms. The molecule has 2 N–H and O–H groups in total. The van der Waals surface area contributed by atoms with Gasteiger partial charge in [-0.1, -0.05) is 63.2 Å². The second kappa shape index (κ2) is 11.7. The van der Waals surface area contributed by atoms with Gasteiger partial charge in [-0.15, -0.1) is 0 Å². The number of benzene rings is 3. The maximum atomic E-state index is 14.1. The van der Waals surface area contributed by atoms with Crippen LogP contribution in [0.2, 0.25) is 0 Å². The minimum atomic E-state index is -1.25. The van der Waals surface area contributed by atoms with Gasteiger partial charge in [0.05, 0.1) is 0 Å². The van der Waals surface area contributed by atoms with Gasteiger partial charge in [0.15, 0.2) is 11.6 Å². The highest BCUT2D eigenvalue weighted by Gasteiger charge is 2.26. The van der Waals surface area contributed by atoms with Gasteiger partial charge in [-0.25, -0.2) is 13.2 Å². The molecule has 0 aromatic heterocycles. The van der Waals surface area contributed by atoms with Gasteiger partial charge >= 0.3 is 0 Å². The fourth-order valence-electron chi connectivity index (χ4n) is 3.51. The average Bonchev–Trinajstić information content (AvgIpc) is 2.80. The Labute approximate surface area is 208 Å². The maximum Gasteiger partial charge on any atom is 0.247 e. The Morgan fingerprint density at radius 1 is 0.889 bits per heavy atom. The van der Waals surface area contributed by atoms with Crippen LogP contribution in [0.5, 0.6) is 5.75 Å².